The molecule has 0 aliphatic heterocycles. The Hall–Kier alpha value is -3.22. The van der Waals surface area contributed by atoms with Crippen LogP contribution in [-0.2, 0) is 17.6 Å². The Labute approximate surface area is 158 Å². The Balaban J connectivity index is 2.32. The first-order valence-corrected chi connectivity index (χ1v) is 8.88. The molecule has 140 valence electrons. The number of pyridine rings is 1. The van der Waals surface area contributed by atoms with E-state index in [1.165, 1.54) is 17.3 Å². The number of carbonyl (C=O) groups excluding carboxylic acids is 1. The molecule has 1 aliphatic carbocycles. The number of benzene rings is 1. The van der Waals surface area contributed by atoms with Gasteiger partial charge < -0.3 is 21.8 Å². The number of nitrogens with two attached hydrogens (primary N) is 2. The Bertz CT molecular complexity index is 990. The van der Waals surface area contributed by atoms with Crippen LogP contribution >= 0.6 is 0 Å². The fourth-order valence-corrected chi connectivity index (χ4v) is 3.66. The van der Waals surface area contributed by atoms with E-state index in [1.807, 2.05) is 6.07 Å². The molecule has 0 unspecified atom stereocenters. The van der Waals surface area contributed by atoms with Crippen LogP contribution in [0.2, 0.25) is 0 Å². The first-order valence-electron chi connectivity index (χ1n) is 8.88. The van der Waals surface area contributed by atoms with Crippen molar-refractivity contribution in [3.63, 3.8) is 0 Å². The van der Waals surface area contributed by atoms with E-state index in [0.29, 0.717) is 28.0 Å². The van der Waals surface area contributed by atoms with Gasteiger partial charge in [-0.25, -0.2) is 4.98 Å². The molecule has 1 amide bonds. The minimum absolute atomic E-state index is 0.176. The highest BCUT2D eigenvalue weighted by molar-refractivity contribution is 6.54. The van der Waals surface area contributed by atoms with Gasteiger partial charge in [-0.2, -0.15) is 0 Å². The molecule has 0 spiro atoms. The minimum Gasteiger partial charge on any atom is -0.404 e. The van der Waals surface area contributed by atoms with E-state index in [4.69, 9.17) is 27.3 Å². The lowest BCUT2D eigenvalue weighted by Crippen LogP contribution is -2.31. The molecule has 0 fully saturated rings. The maximum atomic E-state index is 12.3. The fraction of sp³-hybridized carbons (Fsp3) is 0.300. The minimum atomic E-state index is -0.421. The zero-order valence-corrected chi connectivity index (χ0v) is 15.6. The molecular weight excluding hydrogens is 340 g/mol. The van der Waals surface area contributed by atoms with Gasteiger partial charge in [0.25, 0.3) is 5.91 Å². The number of nitrogens with zero attached hydrogens (tertiary/aromatic N) is 2. The highest BCUT2D eigenvalue weighted by Gasteiger charge is 2.26. The number of hydrogen-bond donors (Lipinski definition) is 4. The largest absolute Gasteiger partial charge is 0.404 e. The standard InChI is InChI=1S/C20H24N6O/c1-26(2)20(27)18(24)14(10-22)19-12-6-4-3-5-11(12)17-13(9-21)15(23)7-8-16(17)25-19/h7-10,21,24H,3-6,22-23H2,1-2H3/b14-10+,21-9?,24-18?. The summed E-state index contributed by atoms with van der Waals surface area (Å²) in [5.41, 5.74) is 16.7. The van der Waals surface area contributed by atoms with Crippen molar-refractivity contribution in [2.24, 2.45) is 5.73 Å². The van der Waals surface area contributed by atoms with Gasteiger partial charge >= 0.3 is 0 Å². The first kappa shape index (κ1) is 18.6. The lowest BCUT2D eigenvalue weighted by atomic mass is 9.84. The van der Waals surface area contributed by atoms with Gasteiger partial charge in [-0.15, -0.1) is 0 Å². The summed E-state index contributed by atoms with van der Waals surface area (Å²) in [4.78, 5) is 18.4. The number of amides is 1. The van der Waals surface area contributed by atoms with Gasteiger partial charge in [-0.3, -0.25) is 10.2 Å². The van der Waals surface area contributed by atoms with Crippen molar-refractivity contribution in [3.05, 3.63) is 40.7 Å². The number of anilines is 1. The molecule has 1 aromatic carbocycles. The molecule has 2 aromatic rings. The van der Waals surface area contributed by atoms with Gasteiger partial charge in [-0.1, -0.05) is 0 Å². The predicted molar refractivity (Wildman–Crippen MR) is 109 cm³/mol. The van der Waals surface area contributed by atoms with Crippen LogP contribution in [0.1, 0.15) is 35.2 Å². The van der Waals surface area contributed by atoms with E-state index in [2.05, 4.69) is 0 Å². The van der Waals surface area contributed by atoms with Crippen LogP contribution in [0.3, 0.4) is 0 Å². The van der Waals surface area contributed by atoms with Crippen LogP contribution < -0.4 is 11.5 Å². The number of fused-ring (bicyclic) bond motifs is 3. The lowest BCUT2D eigenvalue weighted by Gasteiger charge is -2.24. The summed E-state index contributed by atoms with van der Waals surface area (Å²) in [5, 5.41) is 17.0. The van der Waals surface area contributed by atoms with Gasteiger partial charge in [0.05, 0.1) is 11.2 Å². The average molecular weight is 364 g/mol. The second-order valence-corrected chi connectivity index (χ2v) is 6.89. The van der Waals surface area contributed by atoms with Crippen molar-refractivity contribution in [2.75, 3.05) is 19.8 Å². The zero-order valence-electron chi connectivity index (χ0n) is 15.6. The van der Waals surface area contributed by atoms with Crippen LogP contribution in [0, 0.1) is 10.8 Å². The van der Waals surface area contributed by atoms with Gasteiger partial charge in [-0.05, 0) is 48.9 Å². The summed E-state index contributed by atoms with van der Waals surface area (Å²) < 4.78 is 0. The number of nitrogens with one attached hydrogen (secondary N) is 2. The lowest BCUT2D eigenvalue weighted by molar-refractivity contribution is -0.121. The summed E-state index contributed by atoms with van der Waals surface area (Å²) in [6, 6.07) is 3.55. The fourth-order valence-electron chi connectivity index (χ4n) is 3.66. The Morgan fingerprint density at radius 2 is 1.89 bits per heavy atom. The van der Waals surface area contributed by atoms with Gasteiger partial charge in [0, 0.05) is 48.7 Å². The van der Waals surface area contributed by atoms with Crippen molar-refractivity contribution in [1.29, 1.82) is 10.8 Å². The molecule has 1 aliphatic rings. The normalized spacial score (nSPS) is 13.9. The molecule has 0 atom stereocenters. The molecule has 7 nitrogen and oxygen atoms in total. The zero-order chi connectivity index (χ0) is 19.7. The third-order valence-corrected chi connectivity index (χ3v) is 5.00. The van der Waals surface area contributed by atoms with E-state index in [0.717, 1.165) is 42.2 Å². The van der Waals surface area contributed by atoms with E-state index < -0.39 is 5.91 Å². The number of hydrogen-bond acceptors (Lipinski definition) is 6. The van der Waals surface area contributed by atoms with Crippen molar-refractivity contribution in [1.82, 2.24) is 9.88 Å². The molecule has 0 saturated carbocycles. The van der Waals surface area contributed by atoms with Gasteiger partial charge in [0.1, 0.15) is 5.71 Å². The average Bonchev–Trinajstić information content (AvgIpc) is 2.67. The summed E-state index contributed by atoms with van der Waals surface area (Å²) in [6.07, 6.45) is 6.24. The summed E-state index contributed by atoms with van der Waals surface area (Å²) in [6.45, 7) is 0. The van der Waals surface area contributed by atoms with Gasteiger partial charge in [0.15, 0.2) is 0 Å². The summed E-state index contributed by atoms with van der Waals surface area (Å²) >= 11 is 0. The molecule has 7 heteroatoms. The highest BCUT2D eigenvalue weighted by Crippen LogP contribution is 2.36. The number of aryl methyl sites for hydroxylation is 1. The van der Waals surface area contributed by atoms with E-state index >= 15 is 0 Å². The molecule has 1 aromatic heterocycles. The molecule has 27 heavy (non-hydrogen) atoms. The first-order chi connectivity index (χ1) is 12.9. The van der Waals surface area contributed by atoms with Crippen LogP contribution in [0.15, 0.2) is 18.3 Å². The highest BCUT2D eigenvalue weighted by atomic mass is 16.2. The molecular formula is C20H24N6O. The number of carbonyl (C=O) groups is 1. The van der Waals surface area contributed by atoms with Crippen LogP contribution in [-0.4, -0.2) is 41.8 Å². The van der Waals surface area contributed by atoms with Crippen molar-refractivity contribution >= 4 is 40.0 Å². The Morgan fingerprint density at radius 3 is 2.48 bits per heavy atom. The summed E-state index contributed by atoms with van der Waals surface area (Å²) in [7, 11) is 3.21. The number of aromatic nitrogens is 1. The van der Waals surface area contributed by atoms with Crippen molar-refractivity contribution < 1.29 is 4.79 Å². The van der Waals surface area contributed by atoms with E-state index in [-0.39, 0.29) is 5.71 Å². The van der Waals surface area contributed by atoms with Crippen molar-refractivity contribution in [3.8, 4) is 0 Å². The molecule has 6 N–H and O–H groups in total. The molecule has 1 heterocycles. The SMILES string of the molecule is CN(C)C(=O)C(=N)/C(=C\N)c1nc2ccc(N)c(C=N)c2c2c1CCCC2. The number of nitrogen functional groups attached to an aromatic ring is 1. The monoisotopic (exact) mass is 364 g/mol. The maximum Gasteiger partial charge on any atom is 0.271 e. The van der Waals surface area contributed by atoms with Crippen LogP contribution in [0.5, 0.6) is 0 Å². The van der Waals surface area contributed by atoms with E-state index in [9.17, 15) is 4.79 Å². The third kappa shape index (κ3) is 3.05. The Morgan fingerprint density at radius 1 is 1.22 bits per heavy atom. The van der Waals surface area contributed by atoms with Crippen LogP contribution in [0.25, 0.3) is 16.5 Å². The molecule has 0 bridgehead atoms. The van der Waals surface area contributed by atoms with E-state index in [1.54, 1.807) is 20.2 Å². The van der Waals surface area contributed by atoms with Gasteiger partial charge in [0.2, 0.25) is 0 Å². The summed E-state index contributed by atoms with van der Waals surface area (Å²) in [5.74, 6) is -0.421. The quantitative estimate of drug-likeness (QED) is 0.488. The predicted octanol–water partition coefficient (Wildman–Crippen LogP) is 2.10. The smallest absolute Gasteiger partial charge is 0.271 e. The Kier molecular flexibility index (Phi) is 4.94. The second-order valence-electron chi connectivity index (χ2n) is 6.89. The topological polar surface area (TPSA) is 133 Å². The molecule has 3 rings (SSSR count). The third-order valence-electron chi connectivity index (χ3n) is 5.00. The maximum absolute atomic E-state index is 12.3. The number of rotatable bonds is 4. The molecule has 0 saturated heterocycles. The van der Waals surface area contributed by atoms with Crippen LogP contribution in [0.4, 0.5) is 5.69 Å². The second kappa shape index (κ2) is 7.19. The molecule has 0 radical (unpaired) electrons. The van der Waals surface area contributed by atoms with Crippen molar-refractivity contribution in [2.45, 2.75) is 25.7 Å².